The summed E-state index contributed by atoms with van der Waals surface area (Å²) in [7, 11) is -4.02. The van der Waals surface area contributed by atoms with E-state index in [2.05, 4.69) is 4.72 Å². The summed E-state index contributed by atoms with van der Waals surface area (Å²) in [6, 6.07) is 6.15. The van der Waals surface area contributed by atoms with Crippen LogP contribution in [0.5, 0.6) is 0 Å². The molecule has 23 heavy (non-hydrogen) atoms. The van der Waals surface area contributed by atoms with Crippen LogP contribution in [0.3, 0.4) is 0 Å². The van der Waals surface area contributed by atoms with Gasteiger partial charge in [0.25, 0.3) is 10.0 Å². The van der Waals surface area contributed by atoms with Crippen molar-refractivity contribution in [1.82, 2.24) is 0 Å². The number of halogens is 1. The molecule has 1 heterocycles. The molecule has 0 saturated carbocycles. The van der Waals surface area contributed by atoms with Crippen molar-refractivity contribution in [2.75, 3.05) is 11.3 Å². The van der Waals surface area contributed by atoms with Gasteiger partial charge in [-0.3, -0.25) is 4.72 Å². The summed E-state index contributed by atoms with van der Waals surface area (Å²) in [6.07, 6.45) is 0. The molecule has 1 aromatic carbocycles. The number of anilines is 1. The van der Waals surface area contributed by atoms with Crippen LogP contribution in [-0.2, 0) is 14.8 Å². The molecule has 0 aliphatic rings. The molecule has 0 amide bonds. The molecule has 0 spiro atoms. The van der Waals surface area contributed by atoms with E-state index in [1.807, 2.05) is 0 Å². The Labute approximate surface area is 139 Å². The summed E-state index contributed by atoms with van der Waals surface area (Å²) in [5.74, 6) is -0.428. The monoisotopic (exact) mass is 357 g/mol. The van der Waals surface area contributed by atoms with Crippen molar-refractivity contribution in [1.29, 1.82) is 0 Å². The Morgan fingerprint density at radius 1 is 1.22 bits per heavy atom. The van der Waals surface area contributed by atoms with Crippen LogP contribution in [-0.4, -0.2) is 21.0 Å². The fraction of sp³-hybridized carbons (Fsp3) is 0.267. The minimum atomic E-state index is -4.02. The van der Waals surface area contributed by atoms with Crippen LogP contribution >= 0.6 is 11.6 Å². The lowest BCUT2D eigenvalue weighted by Gasteiger charge is -2.09. The van der Waals surface area contributed by atoms with E-state index in [1.165, 1.54) is 26.0 Å². The second kappa shape index (κ2) is 6.64. The zero-order valence-electron chi connectivity index (χ0n) is 12.8. The van der Waals surface area contributed by atoms with Gasteiger partial charge in [0.2, 0.25) is 0 Å². The summed E-state index contributed by atoms with van der Waals surface area (Å²) in [5, 5.41) is 0.482. The number of hydrogen-bond donors (Lipinski definition) is 1. The molecular formula is C15H16ClNO5S. The number of sulfonamides is 1. The van der Waals surface area contributed by atoms with E-state index in [-0.39, 0.29) is 28.6 Å². The topological polar surface area (TPSA) is 85.6 Å². The molecule has 0 unspecified atom stereocenters. The highest BCUT2D eigenvalue weighted by Crippen LogP contribution is 2.29. The minimum absolute atomic E-state index is 0.0918. The molecule has 0 bridgehead atoms. The summed E-state index contributed by atoms with van der Waals surface area (Å²) in [5.41, 5.74) is 0.230. The van der Waals surface area contributed by atoms with E-state index in [0.29, 0.717) is 10.7 Å². The third kappa shape index (κ3) is 3.68. The average Bonchev–Trinajstić information content (AvgIpc) is 2.77. The van der Waals surface area contributed by atoms with Crippen molar-refractivity contribution >= 4 is 33.3 Å². The van der Waals surface area contributed by atoms with E-state index >= 15 is 0 Å². The van der Waals surface area contributed by atoms with E-state index in [9.17, 15) is 13.2 Å². The van der Waals surface area contributed by atoms with Crippen molar-refractivity contribution in [2.45, 2.75) is 25.7 Å². The molecule has 0 aliphatic carbocycles. The molecule has 8 heteroatoms. The molecule has 6 nitrogen and oxygen atoms in total. The first kappa shape index (κ1) is 17.4. The maximum atomic E-state index is 12.6. The highest BCUT2D eigenvalue weighted by molar-refractivity contribution is 7.92. The Kier molecular flexibility index (Phi) is 5.01. The van der Waals surface area contributed by atoms with E-state index in [0.717, 1.165) is 0 Å². The first-order chi connectivity index (χ1) is 10.8. The minimum Gasteiger partial charge on any atom is -0.464 e. The smallest absolute Gasteiger partial charge is 0.343 e. The van der Waals surface area contributed by atoms with Crippen LogP contribution in [0, 0.1) is 13.8 Å². The lowest BCUT2D eigenvalue weighted by atomic mass is 10.2. The van der Waals surface area contributed by atoms with Crippen molar-refractivity contribution < 1.29 is 22.4 Å². The second-order valence-electron chi connectivity index (χ2n) is 4.75. The number of carbonyl (C=O) groups is 1. The van der Waals surface area contributed by atoms with Crippen molar-refractivity contribution in [3.8, 4) is 0 Å². The van der Waals surface area contributed by atoms with E-state index in [1.54, 1.807) is 19.1 Å². The SMILES string of the molecule is CCOC(=O)c1c(C)oc(C)c1S(=O)(=O)Nc1ccc(Cl)cc1. The van der Waals surface area contributed by atoms with E-state index in [4.69, 9.17) is 20.8 Å². The Bertz CT molecular complexity index is 824. The van der Waals surface area contributed by atoms with Crippen LogP contribution in [0.4, 0.5) is 5.69 Å². The third-order valence-electron chi connectivity index (χ3n) is 3.05. The summed E-state index contributed by atoms with van der Waals surface area (Å²) in [6.45, 7) is 4.76. The molecule has 0 atom stereocenters. The fourth-order valence-corrected chi connectivity index (χ4v) is 3.74. The number of rotatable bonds is 5. The van der Waals surface area contributed by atoms with Crippen molar-refractivity contribution in [3.63, 3.8) is 0 Å². The number of nitrogens with one attached hydrogen (secondary N) is 1. The summed E-state index contributed by atoms with van der Waals surface area (Å²) >= 11 is 5.78. The molecule has 1 aromatic heterocycles. The normalized spacial score (nSPS) is 11.3. The number of carbonyl (C=O) groups excluding carboxylic acids is 1. The van der Waals surface area contributed by atoms with Gasteiger partial charge in [-0.15, -0.1) is 0 Å². The summed E-state index contributed by atoms with van der Waals surface area (Å²) in [4.78, 5) is 11.8. The maximum Gasteiger partial charge on any atom is 0.343 e. The van der Waals surface area contributed by atoms with Crippen LogP contribution in [0.1, 0.15) is 28.8 Å². The average molecular weight is 358 g/mol. The number of aryl methyl sites for hydroxylation is 2. The molecule has 124 valence electrons. The predicted octanol–water partition coefficient (Wildman–Crippen LogP) is 3.53. The Morgan fingerprint density at radius 3 is 2.39 bits per heavy atom. The Balaban J connectivity index is 2.47. The van der Waals surface area contributed by atoms with Crippen LogP contribution in [0.15, 0.2) is 33.6 Å². The number of ether oxygens (including phenoxy) is 1. The molecule has 2 rings (SSSR count). The van der Waals surface area contributed by atoms with Crippen LogP contribution < -0.4 is 4.72 Å². The van der Waals surface area contributed by atoms with Gasteiger partial charge in [-0.25, -0.2) is 13.2 Å². The van der Waals surface area contributed by atoms with Gasteiger partial charge in [-0.1, -0.05) is 11.6 Å². The standard InChI is InChI=1S/C15H16ClNO5S/c1-4-21-15(18)13-9(2)22-10(3)14(13)23(19,20)17-12-7-5-11(16)6-8-12/h5-8,17H,4H2,1-3H3. The van der Waals surface area contributed by atoms with Crippen molar-refractivity contribution in [2.24, 2.45) is 0 Å². The maximum absolute atomic E-state index is 12.6. The van der Waals surface area contributed by atoms with E-state index < -0.39 is 16.0 Å². The highest BCUT2D eigenvalue weighted by atomic mass is 35.5. The molecule has 0 saturated heterocycles. The van der Waals surface area contributed by atoms with Gasteiger partial charge in [0.15, 0.2) is 0 Å². The molecule has 2 aromatic rings. The molecule has 0 radical (unpaired) electrons. The van der Waals surface area contributed by atoms with Gasteiger partial charge in [-0.05, 0) is 45.0 Å². The van der Waals surface area contributed by atoms with Crippen LogP contribution in [0.25, 0.3) is 0 Å². The molecular weight excluding hydrogens is 342 g/mol. The largest absolute Gasteiger partial charge is 0.464 e. The first-order valence-corrected chi connectivity index (χ1v) is 8.68. The van der Waals surface area contributed by atoms with Gasteiger partial charge in [0.05, 0.1) is 6.61 Å². The number of esters is 1. The van der Waals surface area contributed by atoms with Gasteiger partial charge in [-0.2, -0.15) is 0 Å². The lowest BCUT2D eigenvalue weighted by molar-refractivity contribution is 0.0520. The predicted molar refractivity (Wildman–Crippen MR) is 86.4 cm³/mol. The number of hydrogen-bond acceptors (Lipinski definition) is 5. The quantitative estimate of drug-likeness (QED) is 0.827. The van der Waals surface area contributed by atoms with Gasteiger partial charge < -0.3 is 9.15 Å². The van der Waals surface area contributed by atoms with Gasteiger partial charge in [0.1, 0.15) is 22.0 Å². The third-order valence-corrected chi connectivity index (χ3v) is 4.84. The number of benzene rings is 1. The van der Waals surface area contributed by atoms with Gasteiger partial charge in [0, 0.05) is 10.7 Å². The van der Waals surface area contributed by atoms with Gasteiger partial charge >= 0.3 is 5.97 Å². The Hall–Kier alpha value is -1.99. The lowest BCUT2D eigenvalue weighted by Crippen LogP contribution is -2.18. The first-order valence-electron chi connectivity index (χ1n) is 6.81. The zero-order valence-corrected chi connectivity index (χ0v) is 14.4. The van der Waals surface area contributed by atoms with Crippen LogP contribution in [0.2, 0.25) is 5.02 Å². The summed E-state index contributed by atoms with van der Waals surface area (Å²) < 4.78 is 37.9. The number of furan rings is 1. The molecule has 1 N–H and O–H groups in total. The second-order valence-corrected chi connectivity index (χ2v) is 6.81. The highest BCUT2D eigenvalue weighted by Gasteiger charge is 2.31. The fourth-order valence-electron chi connectivity index (χ4n) is 2.15. The zero-order chi connectivity index (χ0) is 17.2. The molecule has 0 aliphatic heterocycles. The molecule has 0 fully saturated rings. The Morgan fingerprint density at radius 2 is 1.83 bits per heavy atom. The van der Waals surface area contributed by atoms with Crippen molar-refractivity contribution in [3.05, 3.63) is 46.4 Å².